The zero-order chi connectivity index (χ0) is 13.8. The summed E-state index contributed by atoms with van der Waals surface area (Å²) in [6, 6.07) is 0.375. The number of ether oxygens (including phenoxy) is 2. The zero-order valence-corrected chi connectivity index (χ0v) is 12.9. The number of hydrogen-bond donors (Lipinski definition) is 1. The number of morpholine rings is 1. The molecule has 6 heteroatoms. The van der Waals surface area contributed by atoms with Gasteiger partial charge in [0.1, 0.15) is 0 Å². The van der Waals surface area contributed by atoms with Crippen molar-refractivity contribution < 1.29 is 9.47 Å². The van der Waals surface area contributed by atoms with Crippen molar-refractivity contribution in [3.05, 3.63) is 10.6 Å². The molecular weight excluding hydrogens is 262 g/mol. The van der Waals surface area contributed by atoms with Crippen LogP contribution in [0.1, 0.15) is 24.4 Å². The molecule has 1 aliphatic rings. The molecule has 1 aromatic rings. The van der Waals surface area contributed by atoms with Gasteiger partial charge in [0.05, 0.1) is 31.1 Å². The molecule has 1 aromatic heterocycles. The molecule has 2 heterocycles. The van der Waals surface area contributed by atoms with E-state index in [2.05, 4.69) is 24.1 Å². The van der Waals surface area contributed by atoms with Gasteiger partial charge in [0.15, 0.2) is 5.13 Å². The standard InChI is InChI=1S/C13H23N3O2S/c1-9-7-18-10(2)6-16(9)13-15-11(8-17-4)12(19-13)5-14-3/h9-10,14H,5-8H2,1-4H3. The highest BCUT2D eigenvalue weighted by Crippen LogP contribution is 2.30. The summed E-state index contributed by atoms with van der Waals surface area (Å²) in [7, 11) is 3.66. The molecule has 0 aliphatic carbocycles. The molecule has 19 heavy (non-hydrogen) atoms. The Morgan fingerprint density at radius 1 is 1.53 bits per heavy atom. The van der Waals surface area contributed by atoms with Crippen molar-refractivity contribution in [1.29, 1.82) is 0 Å². The molecule has 1 saturated heterocycles. The molecule has 1 aliphatic heterocycles. The molecule has 2 atom stereocenters. The molecule has 1 N–H and O–H groups in total. The van der Waals surface area contributed by atoms with Crippen molar-refractivity contribution in [3.63, 3.8) is 0 Å². The Balaban J connectivity index is 2.20. The van der Waals surface area contributed by atoms with Gasteiger partial charge in [0, 0.05) is 25.1 Å². The Morgan fingerprint density at radius 3 is 3.00 bits per heavy atom. The van der Waals surface area contributed by atoms with Gasteiger partial charge >= 0.3 is 0 Å². The van der Waals surface area contributed by atoms with E-state index in [4.69, 9.17) is 14.5 Å². The first kappa shape index (κ1) is 14.7. The number of aromatic nitrogens is 1. The summed E-state index contributed by atoms with van der Waals surface area (Å²) in [5.41, 5.74) is 1.04. The second kappa shape index (κ2) is 6.65. The van der Waals surface area contributed by atoms with Crippen LogP contribution in [0, 0.1) is 0 Å². The van der Waals surface area contributed by atoms with Crippen LogP contribution < -0.4 is 10.2 Å². The van der Waals surface area contributed by atoms with Gasteiger partial charge in [-0.25, -0.2) is 4.98 Å². The normalized spacial score (nSPS) is 23.9. The van der Waals surface area contributed by atoms with Gasteiger partial charge in [0.25, 0.3) is 0 Å². The fourth-order valence-electron chi connectivity index (χ4n) is 2.21. The SMILES string of the molecule is CNCc1sc(N2CC(C)OCC2C)nc1COC. The fourth-order valence-corrected chi connectivity index (χ4v) is 3.40. The molecule has 5 nitrogen and oxygen atoms in total. The molecule has 0 saturated carbocycles. The second-order valence-corrected chi connectivity index (χ2v) is 6.04. The number of nitrogens with one attached hydrogen (secondary N) is 1. The van der Waals surface area contributed by atoms with Crippen molar-refractivity contribution >= 4 is 16.5 Å². The molecule has 2 unspecified atom stereocenters. The minimum atomic E-state index is 0.263. The van der Waals surface area contributed by atoms with Crippen molar-refractivity contribution in [3.8, 4) is 0 Å². The number of anilines is 1. The topological polar surface area (TPSA) is 46.6 Å². The third-order valence-electron chi connectivity index (χ3n) is 3.24. The highest BCUT2D eigenvalue weighted by Gasteiger charge is 2.26. The first-order valence-electron chi connectivity index (χ1n) is 6.66. The predicted molar refractivity (Wildman–Crippen MR) is 77.8 cm³/mol. The predicted octanol–water partition coefficient (Wildman–Crippen LogP) is 1.62. The van der Waals surface area contributed by atoms with Crippen LogP contribution in [0.2, 0.25) is 0 Å². The van der Waals surface area contributed by atoms with E-state index in [1.54, 1.807) is 18.4 Å². The smallest absolute Gasteiger partial charge is 0.186 e. The quantitative estimate of drug-likeness (QED) is 0.891. The summed E-state index contributed by atoms with van der Waals surface area (Å²) in [6.45, 7) is 7.37. The lowest BCUT2D eigenvalue weighted by atomic mass is 10.2. The average Bonchev–Trinajstić information content (AvgIpc) is 2.77. The lowest BCUT2D eigenvalue weighted by Gasteiger charge is -2.36. The summed E-state index contributed by atoms with van der Waals surface area (Å²) >= 11 is 1.75. The van der Waals surface area contributed by atoms with Crippen LogP contribution in [0.3, 0.4) is 0 Å². The number of hydrogen-bond acceptors (Lipinski definition) is 6. The molecule has 0 bridgehead atoms. The second-order valence-electron chi connectivity index (χ2n) is 4.97. The van der Waals surface area contributed by atoms with E-state index >= 15 is 0 Å². The summed E-state index contributed by atoms with van der Waals surface area (Å²) < 4.78 is 10.9. The first-order chi connectivity index (χ1) is 9.15. The van der Waals surface area contributed by atoms with Crippen LogP contribution in [0.4, 0.5) is 5.13 Å². The lowest BCUT2D eigenvalue weighted by molar-refractivity contribution is 0.0343. The number of rotatable bonds is 5. The Bertz CT molecular complexity index is 387. The van der Waals surface area contributed by atoms with Gasteiger partial charge in [0.2, 0.25) is 0 Å². The van der Waals surface area contributed by atoms with Gasteiger partial charge < -0.3 is 19.7 Å². The molecule has 108 valence electrons. The van der Waals surface area contributed by atoms with Gasteiger partial charge in [-0.2, -0.15) is 0 Å². The maximum Gasteiger partial charge on any atom is 0.186 e. The van der Waals surface area contributed by atoms with E-state index in [-0.39, 0.29) is 6.10 Å². The molecule has 1 fully saturated rings. The highest BCUT2D eigenvalue weighted by atomic mass is 32.1. The highest BCUT2D eigenvalue weighted by molar-refractivity contribution is 7.15. The Morgan fingerprint density at radius 2 is 2.32 bits per heavy atom. The van der Waals surface area contributed by atoms with E-state index in [1.165, 1.54) is 4.88 Å². The van der Waals surface area contributed by atoms with Crippen LogP contribution in [0.5, 0.6) is 0 Å². The van der Waals surface area contributed by atoms with Gasteiger partial charge in [-0.1, -0.05) is 0 Å². The van der Waals surface area contributed by atoms with Crippen LogP contribution in [0.25, 0.3) is 0 Å². The van der Waals surface area contributed by atoms with Crippen molar-refractivity contribution in [1.82, 2.24) is 10.3 Å². The largest absolute Gasteiger partial charge is 0.378 e. The Labute approximate surface area is 118 Å². The average molecular weight is 285 g/mol. The molecule has 0 spiro atoms. The summed E-state index contributed by atoms with van der Waals surface area (Å²) in [5, 5.41) is 4.27. The van der Waals surface area contributed by atoms with Crippen LogP contribution >= 0.6 is 11.3 Å². The van der Waals surface area contributed by atoms with E-state index in [1.807, 2.05) is 7.05 Å². The maximum atomic E-state index is 5.67. The van der Waals surface area contributed by atoms with Crippen LogP contribution in [0.15, 0.2) is 0 Å². The van der Waals surface area contributed by atoms with E-state index in [0.29, 0.717) is 12.6 Å². The Kier molecular flexibility index (Phi) is 5.15. The molecule has 0 aromatic carbocycles. The third-order valence-corrected chi connectivity index (χ3v) is 4.37. The van der Waals surface area contributed by atoms with E-state index < -0.39 is 0 Å². The number of nitrogens with zero attached hydrogens (tertiary/aromatic N) is 2. The van der Waals surface area contributed by atoms with Crippen molar-refractivity contribution in [2.24, 2.45) is 0 Å². The monoisotopic (exact) mass is 285 g/mol. The summed E-state index contributed by atoms with van der Waals surface area (Å²) in [4.78, 5) is 8.35. The number of thiazole rings is 1. The van der Waals surface area contributed by atoms with E-state index in [9.17, 15) is 0 Å². The van der Waals surface area contributed by atoms with E-state index in [0.717, 1.165) is 30.5 Å². The molecule has 0 amide bonds. The van der Waals surface area contributed by atoms with Gasteiger partial charge in [-0.3, -0.25) is 0 Å². The molecular formula is C13H23N3O2S. The minimum Gasteiger partial charge on any atom is -0.378 e. The van der Waals surface area contributed by atoms with Gasteiger partial charge in [-0.15, -0.1) is 11.3 Å². The summed E-state index contributed by atoms with van der Waals surface area (Å²) in [5.74, 6) is 0. The van der Waals surface area contributed by atoms with Gasteiger partial charge in [-0.05, 0) is 20.9 Å². The summed E-state index contributed by atoms with van der Waals surface area (Å²) in [6.07, 6.45) is 0.263. The van der Waals surface area contributed by atoms with Crippen LogP contribution in [-0.2, 0) is 22.6 Å². The first-order valence-corrected chi connectivity index (χ1v) is 7.47. The van der Waals surface area contributed by atoms with Crippen molar-refractivity contribution in [2.75, 3.05) is 32.2 Å². The maximum absolute atomic E-state index is 5.67. The Hall–Kier alpha value is -0.690. The molecule has 0 radical (unpaired) electrons. The van der Waals surface area contributed by atoms with Crippen LogP contribution in [-0.4, -0.2) is 44.4 Å². The third kappa shape index (κ3) is 3.45. The zero-order valence-electron chi connectivity index (χ0n) is 12.1. The minimum absolute atomic E-state index is 0.263. The molecule has 2 rings (SSSR count). The lowest BCUT2D eigenvalue weighted by Crippen LogP contribution is -2.47. The number of methoxy groups -OCH3 is 1. The fraction of sp³-hybridized carbons (Fsp3) is 0.769. The van der Waals surface area contributed by atoms with Crippen molar-refractivity contribution in [2.45, 2.75) is 39.1 Å².